The Kier molecular flexibility index (Phi) is 5.82. The molecule has 2 fully saturated rings. The molecule has 5 atom stereocenters. The van der Waals surface area contributed by atoms with E-state index < -0.39 is 6.29 Å². The SMILES string of the molecule is CC(=O)[C@H]1CN2[C@H](c3ccccc3)COC(O)[C@H]2[C@@H]1CCOC(C)(C)C. The van der Waals surface area contributed by atoms with Gasteiger partial charge in [-0.3, -0.25) is 9.69 Å². The molecule has 144 valence electrons. The normalized spacial score (nSPS) is 32.4. The van der Waals surface area contributed by atoms with Crippen LogP contribution < -0.4 is 0 Å². The number of hydrogen-bond donors (Lipinski definition) is 1. The van der Waals surface area contributed by atoms with Crippen LogP contribution in [0.3, 0.4) is 0 Å². The van der Waals surface area contributed by atoms with E-state index in [1.165, 1.54) is 5.56 Å². The van der Waals surface area contributed by atoms with Gasteiger partial charge in [0.2, 0.25) is 0 Å². The minimum Gasteiger partial charge on any atom is -0.376 e. The minimum atomic E-state index is -0.862. The van der Waals surface area contributed by atoms with Crippen LogP contribution in [0.1, 0.15) is 45.7 Å². The lowest BCUT2D eigenvalue weighted by Crippen LogP contribution is -2.51. The number of carbonyl (C=O) groups excluding carboxylic acids is 1. The van der Waals surface area contributed by atoms with Crippen molar-refractivity contribution in [2.24, 2.45) is 11.8 Å². The van der Waals surface area contributed by atoms with Gasteiger partial charge < -0.3 is 14.6 Å². The molecule has 2 aliphatic rings. The molecule has 1 N–H and O–H groups in total. The third-order valence-electron chi connectivity index (χ3n) is 5.56. The first-order valence-electron chi connectivity index (χ1n) is 9.52. The first-order valence-corrected chi connectivity index (χ1v) is 9.52. The number of ketones is 1. The summed E-state index contributed by atoms with van der Waals surface area (Å²) in [6.45, 7) is 9.43. The summed E-state index contributed by atoms with van der Waals surface area (Å²) in [7, 11) is 0. The van der Waals surface area contributed by atoms with Gasteiger partial charge in [0.05, 0.1) is 24.3 Å². The van der Waals surface area contributed by atoms with Crippen LogP contribution >= 0.6 is 0 Å². The minimum absolute atomic E-state index is 0.0383. The highest BCUT2D eigenvalue weighted by molar-refractivity contribution is 5.79. The van der Waals surface area contributed by atoms with Gasteiger partial charge in [0.1, 0.15) is 5.78 Å². The molecule has 1 unspecified atom stereocenters. The zero-order valence-corrected chi connectivity index (χ0v) is 16.2. The van der Waals surface area contributed by atoms with E-state index in [-0.39, 0.29) is 35.3 Å². The average Bonchev–Trinajstić information content (AvgIpc) is 2.95. The van der Waals surface area contributed by atoms with Gasteiger partial charge in [0, 0.05) is 19.1 Å². The third-order valence-corrected chi connectivity index (χ3v) is 5.56. The van der Waals surface area contributed by atoms with Crippen LogP contribution in [0.25, 0.3) is 0 Å². The van der Waals surface area contributed by atoms with Crippen molar-refractivity contribution in [1.29, 1.82) is 0 Å². The fraction of sp³-hybridized carbons (Fsp3) is 0.667. The number of morpholine rings is 1. The molecule has 5 nitrogen and oxygen atoms in total. The summed E-state index contributed by atoms with van der Waals surface area (Å²) in [5.74, 6) is 0.127. The van der Waals surface area contributed by atoms with Gasteiger partial charge in [-0.05, 0) is 45.6 Å². The Bertz CT molecular complexity index is 612. The molecular weight excluding hydrogens is 330 g/mol. The Morgan fingerprint density at radius 3 is 2.62 bits per heavy atom. The first-order chi connectivity index (χ1) is 12.3. The predicted molar refractivity (Wildman–Crippen MR) is 99.6 cm³/mol. The van der Waals surface area contributed by atoms with Crippen LogP contribution in [0.4, 0.5) is 0 Å². The van der Waals surface area contributed by atoms with Gasteiger partial charge in [0.25, 0.3) is 0 Å². The van der Waals surface area contributed by atoms with Crippen molar-refractivity contribution in [3.63, 3.8) is 0 Å². The zero-order chi connectivity index (χ0) is 18.9. The van der Waals surface area contributed by atoms with E-state index in [2.05, 4.69) is 17.0 Å². The van der Waals surface area contributed by atoms with E-state index in [1.54, 1.807) is 6.92 Å². The summed E-state index contributed by atoms with van der Waals surface area (Å²) >= 11 is 0. The van der Waals surface area contributed by atoms with Crippen molar-refractivity contribution in [1.82, 2.24) is 4.90 Å². The average molecular weight is 361 g/mol. The van der Waals surface area contributed by atoms with Crippen LogP contribution in [0.15, 0.2) is 30.3 Å². The van der Waals surface area contributed by atoms with E-state index in [0.717, 1.165) is 6.42 Å². The molecule has 1 aromatic rings. The lowest BCUT2D eigenvalue weighted by molar-refractivity contribution is -0.199. The van der Waals surface area contributed by atoms with Gasteiger partial charge in [0.15, 0.2) is 6.29 Å². The molecule has 0 amide bonds. The molecule has 0 aliphatic carbocycles. The molecule has 2 heterocycles. The fourth-order valence-corrected chi connectivity index (χ4v) is 4.33. The van der Waals surface area contributed by atoms with Crippen LogP contribution in [0.2, 0.25) is 0 Å². The Balaban J connectivity index is 1.81. The van der Waals surface area contributed by atoms with Crippen molar-refractivity contribution >= 4 is 5.78 Å². The molecule has 0 bridgehead atoms. The first kappa shape index (κ1) is 19.5. The van der Waals surface area contributed by atoms with Gasteiger partial charge in [-0.1, -0.05) is 30.3 Å². The number of fused-ring (bicyclic) bond motifs is 1. The number of ether oxygens (including phenoxy) is 2. The summed E-state index contributed by atoms with van der Waals surface area (Å²) in [4.78, 5) is 14.6. The van der Waals surface area contributed by atoms with E-state index in [0.29, 0.717) is 19.8 Å². The second kappa shape index (κ2) is 7.77. The third kappa shape index (κ3) is 4.17. The largest absolute Gasteiger partial charge is 0.376 e. The molecular formula is C21H31NO4. The molecule has 5 heteroatoms. The number of benzene rings is 1. The summed E-state index contributed by atoms with van der Waals surface area (Å²) in [6, 6.07) is 10.1. The van der Waals surface area contributed by atoms with E-state index in [1.807, 2.05) is 39.0 Å². The highest BCUT2D eigenvalue weighted by atomic mass is 16.6. The molecule has 0 saturated carbocycles. The Labute approximate surface area is 156 Å². The summed E-state index contributed by atoms with van der Waals surface area (Å²) in [5.41, 5.74) is 0.955. The van der Waals surface area contributed by atoms with Crippen molar-refractivity contribution < 1.29 is 19.4 Å². The maximum atomic E-state index is 12.3. The Hall–Kier alpha value is -1.27. The molecule has 26 heavy (non-hydrogen) atoms. The number of carbonyl (C=O) groups is 1. The molecule has 0 spiro atoms. The fourth-order valence-electron chi connectivity index (χ4n) is 4.33. The van der Waals surface area contributed by atoms with E-state index in [9.17, 15) is 9.90 Å². The topological polar surface area (TPSA) is 59.0 Å². The number of nitrogens with zero attached hydrogens (tertiary/aromatic N) is 1. The predicted octanol–water partition coefficient (Wildman–Crippen LogP) is 2.79. The second-order valence-electron chi connectivity index (χ2n) is 8.47. The highest BCUT2D eigenvalue weighted by Crippen LogP contribution is 2.43. The molecule has 3 rings (SSSR count). The zero-order valence-electron chi connectivity index (χ0n) is 16.2. The lowest BCUT2D eigenvalue weighted by Gasteiger charge is -2.42. The molecule has 1 aromatic carbocycles. The lowest BCUT2D eigenvalue weighted by atomic mass is 9.85. The van der Waals surface area contributed by atoms with Crippen LogP contribution in [-0.2, 0) is 14.3 Å². The number of rotatable bonds is 5. The monoisotopic (exact) mass is 361 g/mol. The molecule has 2 aliphatic heterocycles. The van der Waals surface area contributed by atoms with Crippen molar-refractivity contribution in [2.45, 2.75) is 58.1 Å². The van der Waals surface area contributed by atoms with Crippen molar-refractivity contribution in [3.8, 4) is 0 Å². The van der Waals surface area contributed by atoms with Crippen LogP contribution in [-0.4, -0.2) is 53.5 Å². The number of hydrogen-bond acceptors (Lipinski definition) is 5. The van der Waals surface area contributed by atoms with E-state index >= 15 is 0 Å². The quantitative estimate of drug-likeness (QED) is 0.874. The summed E-state index contributed by atoms with van der Waals surface area (Å²) in [6.07, 6.45) is -0.121. The maximum absolute atomic E-state index is 12.3. The van der Waals surface area contributed by atoms with Crippen LogP contribution in [0, 0.1) is 11.8 Å². The summed E-state index contributed by atoms with van der Waals surface area (Å²) in [5, 5.41) is 10.6. The number of aliphatic hydroxyl groups is 1. The second-order valence-corrected chi connectivity index (χ2v) is 8.47. The number of Topliss-reactive ketones (excluding diaryl/α,β-unsaturated/α-hetero) is 1. The van der Waals surface area contributed by atoms with Gasteiger partial charge in [-0.25, -0.2) is 0 Å². The molecule has 0 radical (unpaired) electrons. The van der Waals surface area contributed by atoms with Crippen LogP contribution in [0.5, 0.6) is 0 Å². The van der Waals surface area contributed by atoms with E-state index in [4.69, 9.17) is 9.47 Å². The molecule has 0 aromatic heterocycles. The van der Waals surface area contributed by atoms with Gasteiger partial charge >= 0.3 is 0 Å². The standard InChI is InChI=1S/C21H31NO4/c1-14(23)17-12-22-18(15-8-6-5-7-9-15)13-25-20(24)19(22)16(17)10-11-26-21(2,3)4/h5-9,16-20,24H,10-13H2,1-4H3/t16-,17-,18+,19-,20?/m1/s1. The smallest absolute Gasteiger partial charge is 0.170 e. The highest BCUT2D eigenvalue weighted by Gasteiger charge is 2.51. The Morgan fingerprint density at radius 1 is 1.31 bits per heavy atom. The van der Waals surface area contributed by atoms with Gasteiger partial charge in [-0.15, -0.1) is 0 Å². The maximum Gasteiger partial charge on any atom is 0.170 e. The van der Waals surface area contributed by atoms with Gasteiger partial charge in [-0.2, -0.15) is 0 Å². The van der Waals surface area contributed by atoms with Crippen molar-refractivity contribution in [3.05, 3.63) is 35.9 Å². The Morgan fingerprint density at radius 2 is 2.00 bits per heavy atom. The number of aliphatic hydroxyl groups excluding tert-OH is 1. The van der Waals surface area contributed by atoms with Crippen molar-refractivity contribution in [2.75, 3.05) is 19.8 Å². The summed E-state index contributed by atoms with van der Waals surface area (Å²) < 4.78 is 11.6. The molecule has 2 saturated heterocycles.